The maximum atomic E-state index is 12.6. The maximum absolute atomic E-state index is 12.6. The number of carboxylic acids is 1. The van der Waals surface area contributed by atoms with Gasteiger partial charge in [0.15, 0.2) is 0 Å². The van der Waals surface area contributed by atoms with E-state index in [1.807, 2.05) is 32.0 Å². The van der Waals surface area contributed by atoms with Crippen LogP contribution in [-0.4, -0.2) is 29.5 Å². The average Bonchev–Trinajstić information content (AvgIpc) is 2.61. The average molecular weight is 418 g/mol. The van der Waals surface area contributed by atoms with Crippen LogP contribution in [0.25, 0.3) is 11.3 Å². The van der Waals surface area contributed by atoms with Crippen molar-refractivity contribution >= 4 is 33.5 Å². The van der Waals surface area contributed by atoms with E-state index in [0.717, 1.165) is 22.8 Å². The lowest BCUT2D eigenvalue weighted by molar-refractivity contribution is 0.0696. The Labute approximate surface area is 167 Å². The largest absolute Gasteiger partial charge is 0.478 e. The molecule has 0 bridgehead atoms. The Morgan fingerprint density at radius 3 is 2.32 bits per heavy atom. The van der Waals surface area contributed by atoms with E-state index < -0.39 is 16.0 Å². The molecule has 1 aromatic heterocycles. The van der Waals surface area contributed by atoms with Gasteiger partial charge >= 0.3 is 5.97 Å². The summed E-state index contributed by atoms with van der Waals surface area (Å²) in [6.07, 6.45) is 0. The Kier molecular flexibility index (Phi) is 5.35. The van der Waals surface area contributed by atoms with Gasteiger partial charge in [-0.05, 0) is 43.2 Å². The summed E-state index contributed by atoms with van der Waals surface area (Å²) in [6.45, 7) is 3.83. The molecule has 0 amide bonds. The predicted molar refractivity (Wildman–Crippen MR) is 106 cm³/mol. The molecular formula is C19H16ClN3O4S. The van der Waals surface area contributed by atoms with Gasteiger partial charge < -0.3 is 5.11 Å². The number of sulfonamides is 1. The van der Waals surface area contributed by atoms with Crippen molar-refractivity contribution in [3.63, 3.8) is 0 Å². The standard InChI is InChI=1S/C19H16ClN3O4S/c1-11-5-3-6-12(2)17(11)15-10-16(20)22-19(21-15)23-28(26,27)14-8-4-7-13(9-14)18(24)25/h3-10H,1-2H3,(H,24,25)(H,21,22,23). The van der Waals surface area contributed by atoms with E-state index in [4.69, 9.17) is 16.7 Å². The fourth-order valence-corrected chi connectivity index (χ4v) is 3.96. The van der Waals surface area contributed by atoms with Crippen molar-refractivity contribution in [1.29, 1.82) is 0 Å². The lowest BCUT2D eigenvalue weighted by Crippen LogP contribution is -2.16. The molecule has 0 unspecified atom stereocenters. The molecule has 0 saturated carbocycles. The molecule has 0 saturated heterocycles. The second-order valence-electron chi connectivity index (χ2n) is 6.10. The normalized spacial score (nSPS) is 11.2. The highest BCUT2D eigenvalue weighted by Crippen LogP contribution is 2.28. The van der Waals surface area contributed by atoms with Gasteiger partial charge in [-0.25, -0.2) is 27.9 Å². The maximum Gasteiger partial charge on any atom is 0.335 e. The van der Waals surface area contributed by atoms with E-state index in [0.29, 0.717) is 5.69 Å². The van der Waals surface area contributed by atoms with Gasteiger partial charge in [-0.2, -0.15) is 0 Å². The topological polar surface area (TPSA) is 109 Å². The van der Waals surface area contributed by atoms with Crippen LogP contribution in [0.2, 0.25) is 5.15 Å². The number of hydrogen-bond donors (Lipinski definition) is 2. The summed E-state index contributed by atoms with van der Waals surface area (Å²) in [5, 5.41) is 9.13. The SMILES string of the molecule is Cc1cccc(C)c1-c1cc(Cl)nc(NS(=O)(=O)c2cccc(C(=O)O)c2)n1. The van der Waals surface area contributed by atoms with Crippen molar-refractivity contribution in [2.75, 3.05) is 4.72 Å². The lowest BCUT2D eigenvalue weighted by atomic mass is 10.00. The molecule has 2 N–H and O–H groups in total. The van der Waals surface area contributed by atoms with E-state index >= 15 is 0 Å². The fourth-order valence-electron chi connectivity index (χ4n) is 2.79. The first-order chi connectivity index (χ1) is 13.2. The number of hydrogen-bond acceptors (Lipinski definition) is 5. The predicted octanol–water partition coefficient (Wildman–Crippen LogP) is 3.91. The Morgan fingerprint density at radius 2 is 1.68 bits per heavy atom. The Bertz CT molecular complexity index is 1160. The molecule has 9 heteroatoms. The molecule has 0 aliphatic rings. The van der Waals surface area contributed by atoms with Gasteiger partial charge in [0.25, 0.3) is 10.0 Å². The molecular weight excluding hydrogens is 402 g/mol. The molecule has 28 heavy (non-hydrogen) atoms. The van der Waals surface area contributed by atoms with E-state index in [2.05, 4.69) is 14.7 Å². The van der Waals surface area contributed by atoms with Gasteiger partial charge in [0.05, 0.1) is 16.2 Å². The second-order valence-corrected chi connectivity index (χ2v) is 8.17. The molecule has 0 spiro atoms. The van der Waals surface area contributed by atoms with Crippen LogP contribution in [0.1, 0.15) is 21.5 Å². The first-order valence-electron chi connectivity index (χ1n) is 8.15. The van der Waals surface area contributed by atoms with Gasteiger partial charge in [-0.3, -0.25) is 0 Å². The summed E-state index contributed by atoms with van der Waals surface area (Å²) in [7, 11) is -4.10. The summed E-state index contributed by atoms with van der Waals surface area (Å²) in [5.74, 6) is -1.43. The van der Waals surface area contributed by atoms with Gasteiger partial charge in [-0.1, -0.05) is 35.9 Å². The van der Waals surface area contributed by atoms with Gasteiger partial charge in [-0.15, -0.1) is 0 Å². The number of nitrogens with zero attached hydrogens (tertiary/aromatic N) is 2. The van der Waals surface area contributed by atoms with Crippen LogP contribution in [0.15, 0.2) is 53.4 Å². The number of aromatic carboxylic acids is 1. The number of carbonyl (C=O) groups is 1. The molecule has 0 aliphatic carbocycles. The number of halogens is 1. The molecule has 1 heterocycles. The zero-order valence-electron chi connectivity index (χ0n) is 15.0. The van der Waals surface area contributed by atoms with Crippen LogP contribution in [0.3, 0.4) is 0 Å². The zero-order valence-corrected chi connectivity index (χ0v) is 16.5. The first kappa shape index (κ1) is 19.8. The second kappa shape index (κ2) is 7.57. The molecule has 2 aromatic carbocycles. The number of carboxylic acid groups (broad SMARTS) is 1. The van der Waals surface area contributed by atoms with Gasteiger partial charge in [0.1, 0.15) is 5.15 Å². The number of nitrogens with one attached hydrogen (secondary N) is 1. The third kappa shape index (κ3) is 4.13. The molecule has 3 rings (SSSR count). The number of aryl methyl sites for hydroxylation is 2. The lowest BCUT2D eigenvalue weighted by Gasteiger charge is -2.12. The quantitative estimate of drug-likeness (QED) is 0.609. The van der Waals surface area contributed by atoms with Crippen LogP contribution < -0.4 is 4.72 Å². The number of rotatable bonds is 5. The monoisotopic (exact) mass is 417 g/mol. The minimum atomic E-state index is -4.10. The van der Waals surface area contributed by atoms with Crippen molar-refractivity contribution in [3.8, 4) is 11.3 Å². The molecule has 3 aromatic rings. The van der Waals surface area contributed by atoms with Crippen molar-refractivity contribution < 1.29 is 18.3 Å². The molecule has 0 radical (unpaired) electrons. The van der Waals surface area contributed by atoms with Crippen LogP contribution in [-0.2, 0) is 10.0 Å². The minimum absolute atomic E-state index is 0.0737. The van der Waals surface area contributed by atoms with Crippen molar-refractivity contribution in [2.45, 2.75) is 18.7 Å². The summed E-state index contributed by atoms with van der Waals surface area (Å²) < 4.78 is 27.5. The van der Waals surface area contributed by atoms with Crippen LogP contribution >= 0.6 is 11.6 Å². The summed E-state index contributed by atoms with van der Waals surface area (Å²) in [5.41, 5.74) is 3.08. The Balaban J connectivity index is 2.02. The van der Waals surface area contributed by atoms with Crippen molar-refractivity contribution in [3.05, 3.63) is 70.4 Å². The number of benzene rings is 2. The van der Waals surface area contributed by atoms with E-state index in [-0.39, 0.29) is 21.6 Å². The number of anilines is 1. The van der Waals surface area contributed by atoms with E-state index in [9.17, 15) is 13.2 Å². The Hall–Kier alpha value is -2.97. The smallest absolute Gasteiger partial charge is 0.335 e. The Morgan fingerprint density at radius 1 is 1.04 bits per heavy atom. The molecule has 0 fully saturated rings. The first-order valence-corrected chi connectivity index (χ1v) is 10.0. The molecule has 0 aliphatic heterocycles. The highest BCUT2D eigenvalue weighted by atomic mass is 35.5. The van der Waals surface area contributed by atoms with Gasteiger partial charge in [0.2, 0.25) is 5.95 Å². The third-order valence-electron chi connectivity index (χ3n) is 4.05. The fraction of sp³-hybridized carbons (Fsp3) is 0.105. The van der Waals surface area contributed by atoms with Crippen LogP contribution in [0.5, 0.6) is 0 Å². The van der Waals surface area contributed by atoms with E-state index in [1.54, 1.807) is 6.07 Å². The van der Waals surface area contributed by atoms with Crippen LogP contribution in [0.4, 0.5) is 5.95 Å². The number of aromatic nitrogens is 2. The van der Waals surface area contributed by atoms with Crippen molar-refractivity contribution in [2.24, 2.45) is 0 Å². The summed E-state index contributed by atoms with van der Waals surface area (Å²) >= 11 is 6.08. The van der Waals surface area contributed by atoms with Crippen molar-refractivity contribution in [1.82, 2.24) is 9.97 Å². The molecule has 7 nitrogen and oxygen atoms in total. The molecule has 0 atom stereocenters. The summed E-state index contributed by atoms with van der Waals surface area (Å²) in [6, 6.07) is 12.3. The minimum Gasteiger partial charge on any atom is -0.478 e. The molecule has 144 valence electrons. The van der Waals surface area contributed by atoms with Crippen LogP contribution in [0, 0.1) is 13.8 Å². The van der Waals surface area contributed by atoms with Gasteiger partial charge in [0, 0.05) is 11.6 Å². The zero-order chi connectivity index (χ0) is 20.5. The highest BCUT2D eigenvalue weighted by Gasteiger charge is 2.19. The van der Waals surface area contributed by atoms with E-state index in [1.165, 1.54) is 18.2 Å². The highest BCUT2D eigenvalue weighted by molar-refractivity contribution is 7.92. The summed E-state index contributed by atoms with van der Waals surface area (Å²) in [4.78, 5) is 19.1. The third-order valence-corrected chi connectivity index (χ3v) is 5.57.